The van der Waals surface area contributed by atoms with Crippen molar-refractivity contribution in [1.29, 1.82) is 0 Å². The van der Waals surface area contributed by atoms with Crippen LogP contribution in [0.15, 0.2) is 140 Å². The number of aromatic hydroxyl groups is 18. The van der Waals surface area contributed by atoms with Gasteiger partial charge in [0.05, 0.1) is 22.3 Å². The molecule has 0 aliphatic rings. The van der Waals surface area contributed by atoms with Crippen molar-refractivity contribution in [2.45, 2.75) is 6.92 Å². The molecule has 0 fully saturated rings. The van der Waals surface area contributed by atoms with Gasteiger partial charge < -0.3 is 91.9 Å². The van der Waals surface area contributed by atoms with Crippen molar-refractivity contribution >= 4 is 38.6 Å². The van der Waals surface area contributed by atoms with Crippen LogP contribution in [0.25, 0.3) is 77.2 Å². The normalized spacial score (nSPS) is 11.1. The molecular formula is C59H45NO18. The zero-order valence-electron chi connectivity index (χ0n) is 40.4. The first-order valence-electron chi connectivity index (χ1n) is 23.1. The molecule has 78 heavy (non-hydrogen) atoms. The fraction of sp³-hybridized carbons (Fsp3) is 0.0169. The number of hydrogen-bond donors (Lipinski definition) is 18. The predicted molar refractivity (Wildman–Crippen MR) is 289 cm³/mol. The Morgan fingerprint density at radius 3 is 0.910 bits per heavy atom. The summed E-state index contributed by atoms with van der Waals surface area (Å²) >= 11 is 0. The SMILES string of the molecule is C=CC.Oc1c(O)c(O)c(-c2c(O)c(O)c(N(c3ccc4c(ccc5cc(-c6cc(-c7ccccc7)cc(-c7ccccc7)c6)ccc54)c3)c3c(O)c(O)c(-c4c(O)c(O)c(O)c(O)c4O)c(O)c3O)c(O)c2O)c(O)c1O. The molecule has 19 nitrogen and oxygen atoms in total. The van der Waals surface area contributed by atoms with Gasteiger partial charge in [0.25, 0.3) is 0 Å². The molecule has 10 aromatic carbocycles. The highest BCUT2D eigenvalue weighted by Gasteiger charge is 2.39. The van der Waals surface area contributed by atoms with Gasteiger partial charge in [-0.1, -0.05) is 97.1 Å². The first-order chi connectivity index (χ1) is 37.1. The zero-order chi connectivity index (χ0) is 56.3. The van der Waals surface area contributed by atoms with Crippen LogP contribution in [0.5, 0.6) is 103 Å². The van der Waals surface area contributed by atoms with Crippen LogP contribution >= 0.6 is 0 Å². The molecule has 0 atom stereocenters. The third kappa shape index (κ3) is 8.12. The molecule has 18 N–H and O–H groups in total. The summed E-state index contributed by atoms with van der Waals surface area (Å²) < 4.78 is 0. The molecule has 0 heterocycles. The Labute approximate surface area is 440 Å². The molecule has 0 saturated heterocycles. The van der Waals surface area contributed by atoms with E-state index in [0.29, 0.717) is 21.1 Å². The van der Waals surface area contributed by atoms with Gasteiger partial charge in [0, 0.05) is 5.69 Å². The number of fused-ring (bicyclic) bond motifs is 3. The van der Waals surface area contributed by atoms with Crippen LogP contribution in [-0.4, -0.2) is 91.9 Å². The van der Waals surface area contributed by atoms with Crippen LogP contribution in [0.1, 0.15) is 6.92 Å². The summed E-state index contributed by atoms with van der Waals surface area (Å²) in [5.41, 5.74) is -2.09. The third-order valence-corrected chi connectivity index (χ3v) is 13.0. The summed E-state index contributed by atoms with van der Waals surface area (Å²) in [6.07, 6.45) is 1.75. The first-order valence-corrected chi connectivity index (χ1v) is 23.1. The lowest BCUT2D eigenvalue weighted by atomic mass is 9.92. The van der Waals surface area contributed by atoms with Crippen LogP contribution < -0.4 is 4.90 Å². The largest absolute Gasteiger partial charge is 0.504 e. The van der Waals surface area contributed by atoms with Gasteiger partial charge in [0.1, 0.15) is 11.4 Å². The Bertz CT molecular complexity index is 3800. The number of allylic oxidation sites excluding steroid dienone is 1. The standard InChI is InChI=1S/C56H39NO18.C3H6/c58-39-33(35-43(62)51(70)55(74)52(71)44(35)63)40(59)48(67)37(47(39)66)57(38-49(68)41(60)34(42(61)50(38)69)36-45(64)53(72)56(75)54(73)46(36)65)30-14-16-32-26(21-30)12-11-25-17-24(13-15-31(25)32)29-19-27(22-7-3-1-4-8-22)18-28(20-29)23-9-5-2-6-10-23;1-3-2/h1-21,58-75H;3H,1H2,2H3. The van der Waals surface area contributed by atoms with Crippen molar-refractivity contribution in [1.82, 2.24) is 0 Å². The highest BCUT2D eigenvalue weighted by molar-refractivity contribution is 6.11. The minimum Gasteiger partial charge on any atom is -0.504 e. The Balaban J connectivity index is 0.00000241. The Morgan fingerprint density at radius 2 is 0.564 bits per heavy atom. The van der Waals surface area contributed by atoms with Gasteiger partial charge in [-0.05, 0) is 98.2 Å². The van der Waals surface area contributed by atoms with E-state index in [4.69, 9.17) is 0 Å². The topological polar surface area (TPSA) is 367 Å². The minimum atomic E-state index is -1.57. The zero-order valence-corrected chi connectivity index (χ0v) is 40.4. The Morgan fingerprint density at radius 1 is 0.282 bits per heavy atom. The lowest BCUT2D eigenvalue weighted by molar-refractivity contribution is 0.329. The Hall–Kier alpha value is -11.3. The van der Waals surface area contributed by atoms with E-state index < -0.39 is 137 Å². The van der Waals surface area contributed by atoms with Crippen LogP contribution in [0.2, 0.25) is 0 Å². The molecule has 0 unspecified atom stereocenters. The van der Waals surface area contributed by atoms with Crippen LogP contribution in [0.4, 0.5) is 17.1 Å². The van der Waals surface area contributed by atoms with Crippen molar-refractivity contribution in [3.63, 3.8) is 0 Å². The van der Waals surface area contributed by atoms with E-state index in [0.717, 1.165) is 38.8 Å². The minimum absolute atomic E-state index is 0.338. The second-order valence-corrected chi connectivity index (χ2v) is 17.7. The summed E-state index contributed by atoms with van der Waals surface area (Å²) in [5, 5.41) is 200. The van der Waals surface area contributed by atoms with Gasteiger partial charge in [-0.3, -0.25) is 4.90 Å². The molecule has 0 aromatic heterocycles. The van der Waals surface area contributed by atoms with Crippen LogP contribution in [0.3, 0.4) is 0 Å². The summed E-state index contributed by atoms with van der Waals surface area (Å²) in [4.78, 5) is 0.482. The Kier molecular flexibility index (Phi) is 12.9. The number of nitrogens with zero attached hydrogens (tertiary/aromatic N) is 1. The highest BCUT2D eigenvalue weighted by atomic mass is 16.4. The van der Waals surface area contributed by atoms with E-state index in [9.17, 15) is 91.9 Å². The quantitative estimate of drug-likeness (QED) is 0.0291. The molecular weight excluding hydrogens is 1010 g/mol. The van der Waals surface area contributed by atoms with E-state index in [2.05, 4.69) is 24.8 Å². The van der Waals surface area contributed by atoms with Gasteiger partial charge in [-0.15, -0.1) is 6.58 Å². The maximum atomic E-state index is 11.8. The lowest BCUT2D eigenvalue weighted by Gasteiger charge is -2.30. The second kappa shape index (κ2) is 19.5. The monoisotopic (exact) mass is 1060 g/mol. The molecule has 0 amide bonds. The summed E-state index contributed by atoms with van der Waals surface area (Å²) in [6, 6.07) is 39.3. The molecule has 0 bridgehead atoms. The van der Waals surface area contributed by atoms with Gasteiger partial charge >= 0.3 is 0 Å². The molecule has 10 rings (SSSR count). The van der Waals surface area contributed by atoms with Crippen LogP contribution in [0, 0.1) is 0 Å². The summed E-state index contributed by atoms with van der Waals surface area (Å²) in [7, 11) is 0. The average molecular weight is 1060 g/mol. The highest BCUT2D eigenvalue weighted by Crippen LogP contribution is 2.68. The van der Waals surface area contributed by atoms with Gasteiger partial charge in [-0.2, -0.15) is 0 Å². The maximum Gasteiger partial charge on any atom is 0.208 e. The van der Waals surface area contributed by atoms with Crippen molar-refractivity contribution in [2.75, 3.05) is 4.90 Å². The van der Waals surface area contributed by atoms with E-state index in [1.54, 1.807) is 18.2 Å². The smallest absolute Gasteiger partial charge is 0.208 e. The molecule has 394 valence electrons. The number of hydrogen-bond acceptors (Lipinski definition) is 19. The van der Waals surface area contributed by atoms with E-state index >= 15 is 0 Å². The second-order valence-electron chi connectivity index (χ2n) is 17.7. The number of benzene rings is 10. The van der Waals surface area contributed by atoms with Crippen molar-refractivity contribution < 1.29 is 91.9 Å². The molecule has 0 aliphatic heterocycles. The maximum absolute atomic E-state index is 11.8. The number of phenolic OH excluding ortho intramolecular Hbond substituents is 18. The van der Waals surface area contributed by atoms with E-state index in [-0.39, 0.29) is 5.69 Å². The van der Waals surface area contributed by atoms with E-state index in [1.807, 2.05) is 85.8 Å². The fourth-order valence-corrected chi connectivity index (χ4v) is 9.25. The number of anilines is 3. The molecule has 0 spiro atoms. The van der Waals surface area contributed by atoms with Crippen LogP contribution in [-0.2, 0) is 0 Å². The van der Waals surface area contributed by atoms with Gasteiger partial charge in [0.2, 0.25) is 34.5 Å². The summed E-state index contributed by atoms with van der Waals surface area (Å²) in [5.74, 6) is -27.3. The molecule has 0 radical (unpaired) electrons. The lowest BCUT2D eigenvalue weighted by Crippen LogP contribution is -2.12. The molecule has 19 heteroatoms. The van der Waals surface area contributed by atoms with Crippen molar-refractivity contribution in [3.8, 4) is 159 Å². The predicted octanol–water partition coefficient (Wildman–Crippen LogP) is 11.7. The third-order valence-electron chi connectivity index (χ3n) is 13.0. The molecule has 0 saturated carbocycles. The molecule has 0 aliphatic carbocycles. The van der Waals surface area contributed by atoms with Crippen molar-refractivity contribution in [2.24, 2.45) is 0 Å². The van der Waals surface area contributed by atoms with Gasteiger partial charge in [-0.25, -0.2) is 0 Å². The first kappa shape index (κ1) is 51.6. The molecule has 10 aromatic rings. The summed E-state index contributed by atoms with van der Waals surface area (Å²) in [6.45, 7) is 5.25. The van der Waals surface area contributed by atoms with Crippen molar-refractivity contribution in [3.05, 3.63) is 140 Å². The van der Waals surface area contributed by atoms with E-state index in [1.165, 1.54) is 18.2 Å². The average Bonchev–Trinajstić information content (AvgIpc) is 3.58. The number of rotatable bonds is 8. The van der Waals surface area contributed by atoms with Gasteiger partial charge in [0.15, 0.2) is 69.0 Å². The number of phenols is 18. The fourth-order valence-electron chi connectivity index (χ4n) is 9.25.